The molecule has 0 aromatic carbocycles. The van der Waals surface area contributed by atoms with E-state index in [2.05, 4.69) is 26.2 Å². The molecule has 0 saturated heterocycles. The van der Waals surface area contributed by atoms with Crippen LogP contribution < -0.4 is 5.32 Å². The number of hydrogen-bond acceptors (Lipinski definition) is 3. The van der Waals surface area contributed by atoms with Crippen molar-refractivity contribution in [1.29, 1.82) is 0 Å². The number of aliphatic hydroxyl groups excluding tert-OH is 1. The molecule has 0 radical (unpaired) electrons. The van der Waals surface area contributed by atoms with Gasteiger partial charge in [0.25, 0.3) is 0 Å². The van der Waals surface area contributed by atoms with E-state index < -0.39 is 0 Å². The summed E-state index contributed by atoms with van der Waals surface area (Å²) >= 11 is 3.39. The molecule has 2 N–H and O–H groups in total. The van der Waals surface area contributed by atoms with E-state index in [1.54, 1.807) is 0 Å². The number of anilines is 1. The van der Waals surface area contributed by atoms with E-state index in [9.17, 15) is 0 Å². The first kappa shape index (κ1) is 11.5. The lowest BCUT2D eigenvalue weighted by Crippen LogP contribution is -2.23. The van der Waals surface area contributed by atoms with Gasteiger partial charge in [-0.05, 0) is 41.4 Å². The summed E-state index contributed by atoms with van der Waals surface area (Å²) < 4.78 is 1.00. The first-order chi connectivity index (χ1) is 6.67. The van der Waals surface area contributed by atoms with Gasteiger partial charge in [-0.1, -0.05) is 6.92 Å². The van der Waals surface area contributed by atoms with E-state index in [1.165, 1.54) is 0 Å². The third-order valence-corrected chi connectivity index (χ3v) is 2.92. The largest absolute Gasteiger partial charge is 0.394 e. The Hall–Kier alpha value is -0.610. The Bertz CT molecular complexity index is 300. The van der Waals surface area contributed by atoms with Gasteiger partial charge in [-0.15, -0.1) is 0 Å². The lowest BCUT2D eigenvalue weighted by atomic mass is 10.2. The first-order valence-corrected chi connectivity index (χ1v) is 5.47. The number of aromatic nitrogens is 1. The molecule has 4 heteroatoms. The van der Waals surface area contributed by atoms with Gasteiger partial charge in [0, 0.05) is 4.47 Å². The minimum absolute atomic E-state index is 0.0862. The van der Waals surface area contributed by atoms with E-state index >= 15 is 0 Å². The maximum atomic E-state index is 9.01. The molecule has 0 saturated carbocycles. The van der Waals surface area contributed by atoms with Crippen LogP contribution in [-0.4, -0.2) is 22.7 Å². The molecule has 0 aliphatic carbocycles. The Kier molecular flexibility index (Phi) is 4.35. The maximum Gasteiger partial charge on any atom is 0.126 e. The SMILES string of the molecule is CC[C@H](CO)Nc1ccc(Br)c(C)n1. The van der Waals surface area contributed by atoms with Crippen molar-refractivity contribution in [1.82, 2.24) is 4.98 Å². The minimum atomic E-state index is 0.0862. The number of aliphatic hydroxyl groups is 1. The van der Waals surface area contributed by atoms with Crippen molar-refractivity contribution in [3.63, 3.8) is 0 Å². The summed E-state index contributed by atoms with van der Waals surface area (Å²) in [7, 11) is 0. The third-order valence-electron chi connectivity index (χ3n) is 2.09. The highest BCUT2D eigenvalue weighted by Crippen LogP contribution is 2.16. The molecular weight excluding hydrogens is 244 g/mol. The average molecular weight is 259 g/mol. The Morgan fingerprint density at radius 1 is 1.57 bits per heavy atom. The van der Waals surface area contributed by atoms with Crippen molar-refractivity contribution in [2.24, 2.45) is 0 Å². The van der Waals surface area contributed by atoms with Crippen molar-refractivity contribution in [2.45, 2.75) is 26.3 Å². The second kappa shape index (κ2) is 5.32. The van der Waals surface area contributed by atoms with Crippen LogP contribution in [0, 0.1) is 6.92 Å². The minimum Gasteiger partial charge on any atom is -0.394 e. The molecule has 1 aromatic rings. The molecule has 1 rings (SSSR count). The molecule has 1 atom stereocenters. The van der Waals surface area contributed by atoms with E-state index in [1.807, 2.05) is 26.0 Å². The summed E-state index contributed by atoms with van der Waals surface area (Å²) in [5.74, 6) is 0.812. The van der Waals surface area contributed by atoms with Gasteiger partial charge in [-0.2, -0.15) is 0 Å². The highest BCUT2D eigenvalue weighted by Gasteiger charge is 2.05. The van der Waals surface area contributed by atoms with Crippen molar-refractivity contribution in [3.05, 3.63) is 22.3 Å². The van der Waals surface area contributed by atoms with Crippen LogP contribution in [0.5, 0.6) is 0 Å². The van der Waals surface area contributed by atoms with Gasteiger partial charge < -0.3 is 10.4 Å². The molecular formula is C10H15BrN2O. The van der Waals surface area contributed by atoms with Crippen molar-refractivity contribution in [2.75, 3.05) is 11.9 Å². The fraction of sp³-hybridized carbons (Fsp3) is 0.500. The maximum absolute atomic E-state index is 9.01. The topological polar surface area (TPSA) is 45.1 Å². The molecule has 3 nitrogen and oxygen atoms in total. The summed E-state index contributed by atoms with van der Waals surface area (Å²) in [5.41, 5.74) is 0.947. The predicted molar refractivity (Wildman–Crippen MR) is 61.5 cm³/mol. The van der Waals surface area contributed by atoms with E-state index in [4.69, 9.17) is 5.11 Å². The molecule has 0 aliphatic rings. The summed E-state index contributed by atoms with van der Waals surface area (Å²) in [6, 6.07) is 3.94. The standard InChI is InChI=1S/C10H15BrN2O/c1-3-8(6-14)13-10-5-4-9(11)7(2)12-10/h4-5,8,14H,3,6H2,1-2H3,(H,12,13)/t8-/m1/s1. The van der Waals surface area contributed by atoms with Crippen LogP contribution in [0.25, 0.3) is 0 Å². The van der Waals surface area contributed by atoms with Gasteiger partial charge in [0.1, 0.15) is 5.82 Å². The monoisotopic (exact) mass is 258 g/mol. The summed E-state index contributed by atoms with van der Waals surface area (Å²) in [5, 5.41) is 12.2. The van der Waals surface area contributed by atoms with Gasteiger partial charge in [-0.3, -0.25) is 0 Å². The molecule has 14 heavy (non-hydrogen) atoms. The lowest BCUT2D eigenvalue weighted by Gasteiger charge is -2.15. The number of pyridine rings is 1. The van der Waals surface area contributed by atoms with Crippen LogP contribution in [0.3, 0.4) is 0 Å². The van der Waals surface area contributed by atoms with Crippen LogP contribution in [0.4, 0.5) is 5.82 Å². The molecule has 0 aliphatic heterocycles. The summed E-state index contributed by atoms with van der Waals surface area (Å²) in [6.45, 7) is 4.10. The molecule has 0 amide bonds. The predicted octanol–water partition coefficient (Wildman–Crippen LogP) is 2.34. The Balaban J connectivity index is 2.72. The highest BCUT2D eigenvalue weighted by atomic mass is 79.9. The summed E-state index contributed by atoms with van der Waals surface area (Å²) in [4.78, 5) is 4.34. The molecule has 1 aromatic heterocycles. The number of nitrogens with zero attached hydrogens (tertiary/aromatic N) is 1. The van der Waals surface area contributed by atoms with Gasteiger partial charge in [0.2, 0.25) is 0 Å². The number of rotatable bonds is 4. The highest BCUT2D eigenvalue weighted by molar-refractivity contribution is 9.10. The van der Waals surface area contributed by atoms with Crippen molar-refractivity contribution in [3.8, 4) is 0 Å². The van der Waals surface area contributed by atoms with E-state index in [-0.39, 0.29) is 12.6 Å². The second-order valence-electron chi connectivity index (χ2n) is 3.20. The van der Waals surface area contributed by atoms with Gasteiger partial charge in [0.05, 0.1) is 18.3 Å². The van der Waals surface area contributed by atoms with Gasteiger partial charge >= 0.3 is 0 Å². The molecule has 1 heterocycles. The lowest BCUT2D eigenvalue weighted by molar-refractivity contribution is 0.271. The molecule has 78 valence electrons. The van der Waals surface area contributed by atoms with Crippen LogP contribution in [-0.2, 0) is 0 Å². The van der Waals surface area contributed by atoms with Crippen molar-refractivity contribution < 1.29 is 5.11 Å². The van der Waals surface area contributed by atoms with Gasteiger partial charge in [-0.25, -0.2) is 4.98 Å². The molecule has 0 bridgehead atoms. The smallest absolute Gasteiger partial charge is 0.126 e. The fourth-order valence-electron chi connectivity index (χ4n) is 1.11. The Morgan fingerprint density at radius 2 is 2.29 bits per heavy atom. The third kappa shape index (κ3) is 2.96. The quantitative estimate of drug-likeness (QED) is 0.872. The van der Waals surface area contributed by atoms with E-state index in [0.717, 1.165) is 22.4 Å². The Labute approximate surface area is 92.7 Å². The number of aryl methyl sites for hydroxylation is 1. The average Bonchev–Trinajstić information content (AvgIpc) is 2.19. The first-order valence-electron chi connectivity index (χ1n) is 4.68. The number of halogens is 1. The normalized spacial score (nSPS) is 12.6. The zero-order valence-electron chi connectivity index (χ0n) is 8.42. The van der Waals surface area contributed by atoms with Crippen LogP contribution in [0.15, 0.2) is 16.6 Å². The summed E-state index contributed by atoms with van der Waals surface area (Å²) in [6.07, 6.45) is 0.882. The van der Waals surface area contributed by atoms with Crippen LogP contribution in [0.2, 0.25) is 0 Å². The van der Waals surface area contributed by atoms with Crippen LogP contribution in [0.1, 0.15) is 19.0 Å². The number of nitrogens with one attached hydrogen (secondary N) is 1. The number of hydrogen-bond donors (Lipinski definition) is 2. The second-order valence-corrected chi connectivity index (χ2v) is 4.05. The molecule has 0 unspecified atom stereocenters. The van der Waals surface area contributed by atoms with Gasteiger partial charge in [0.15, 0.2) is 0 Å². The zero-order valence-corrected chi connectivity index (χ0v) is 10.0. The molecule has 0 fully saturated rings. The zero-order chi connectivity index (χ0) is 10.6. The van der Waals surface area contributed by atoms with Crippen LogP contribution >= 0.6 is 15.9 Å². The fourth-order valence-corrected chi connectivity index (χ4v) is 1.33. The van der Waals surface area contributed by atoms with Crippen molar-refractivity contribution >= 4 is 21.7 Å². The Morgan fingerprint density at radius 3 is 2.79 bits per heavy atom. The van der Waals surface area contributed by atoms with E-state index in [0.29, 0.717) is 0 Å². The molecule has 0 spiro atoms.